The fourth-order valence-corrected chi connectivity index (χ4v) is 1.81. The highest BCUT2D eigenvalue weighted by Gasteiger charge is 2.28. The van der Waals surface area contributed by atoms with E-state index in [9.17, 15) is 4.79 Å². The summed E-state index contributed by atoms with van der Waals surface area (Å²) in [6.45, 7) is 5.24. The molecule has 1 amide bonds. The number of amides is 1. The van der Waals surface area contributed by atoms with E-state index < -0.39 is 0 Å². The fourth-order valence-electron chi connectivity index (χ4n) is 1.81. The molecular weight excluding hydrogens is 202 g/mol. The Morgan fingerprint density at radius 1 is 1.44 bits per heavy atom. The summed E-state index contributed by atoms with van der Waals surface area (Å²) in [4.78, 5) is 13.6. The Kier molecular flexibility index (Phi) is 5.22. The fraction of sp³-hybridized carbons (Fsp3) is 0.917. The van der Waals surface area contributed by atoms with Gasteiger partial charge in [-0.25, -0.2) is 0 Å². The van der Waals surface area contributed by atoms with Crippen molar-refractivity contribution >= 4 is 5.91 Å². The van der Waals surface area contributed by atoms with Crippen molar-refractivity contribution in [2.75, 3.05) is 20.6 Å². The third kappa shape index (κ3) is 4.49. The maximum Gasteiger partial charge on any atom is 0.221 e. The first kappa shape index (κ1) is 13.5. The van der Waals surface area contributed by atoms with Crippen LogP contribution < -0.4 is 10.6 Å². The van der Waals surface area contributed by atoms with Crippen LogP contribution in [0.4, 0.5) is 0 Å². The van der Waals surface area contributed by atoms with E-state index in [1.54, 1.807) is 7.05 Å². The molecule has 2 unspecified atom stereocenters. The molecular formula is C12H25N3O. The summed E-state index contributed by atoms with van der Waals surface area (Å²) in [5.41, 5.74) is 0. The van der Waals surface area contributed by atoms with Crippen LogP contribution >= 0.6 is 0 Å². The molecule has 4 heteroatoms. The number of carbonyl (C=O) groups excluding carboxylic acids is 1. The van der Waals surface area contributed by atoms with Crippen molar-refractivity contribution < 1.29 is 4.79 Å². The Morgan fingerprint density at radius 2 is 2.06 bits per heavy atom. The lowest BCUT2D eigenvalue weighted by atomic mass is 10.2. The predicted molar refractivity (Wildman–Crippen MR) is 66.4 cm³/mol. The number of hydrogen-bond acceptors (Lipinski definition) is 3. The molecule has 4 nitrogen and oxygen atoms in total. The van der Waals surface area contributed by atoms with Gasteiger partial charge in [-0.3, -0.25) is 9.69 Å². The van der Waals surface area contributed by atoms with E-state index in [0.29, 0.717) is 12.5 Å². The Hall–Kier alpha value is -0.610. The maximum absolute atomic E-state index is 11.2. The average molecular weight is 227 g/mol. The highest BCUT2D eigenvalue weighted by molar-refractivity contribution is 5.76. The van der Waals surface area contributed by atoms with Crippen molar-refractivity contribution in [2.24, 2.45) is 0 Å². The van der Waals surface area contributed by atoms with E-state index in [4.69, 9.17) is 0 Å². The smallest absolute Gasteiger partial charge is 0.221 e. The molecule has 0 saturated heterocycles. The van der Waals surface area contributed by atoms with Crippen LogP contribution in [0.1, 0.15) is 33.1 Å². The van der Waals surface area contributed by atoms with Crippen molar-refractivity contribution in [1.82, 2.24) is 15.5 Å². The first-order chi connectivity index (χ1) is 7.54. The molecule has 1 fully saturated rings. The molecule has 0 aliphatic heterocycles. The molecule has 0 aromatic rings. The minimum absolute atomic E-state index is 0.100. The largest absolute Gasteiger partial charge is 0.359 e. The van der Waals surface area contributed by atoms with Crippen LogP contribution in [-0.2, 0) is 4.79 Å². The van der Waals surface area contributed by atoms with Crippen molar-refractivity contribution in [3.8, 4) is 0 Å². The highest BCUT2D eigenvalue weighted by Crippen LogP contribution is 2.26. The molecule has 0 aromatic carbocycles. The second-order valence-corrected chi connectivity index (χ2v) is 4.93. The first-order valence-corrected chi connectivity index (χ1v) is 6.20. The normalized spacial score (nSPS) is 19.6. The average Bonchev–Trinajstić information content (AvgIpc) is 3.08. The van der Waals surface area contributed by atoms with Crippen molar-refractivity contribution in [3.63, 3.8) is 0 Å². The van der Waals surface area contributed by atoms with Crippen LogP contribution in [-0.4, -0.2) is 49.6 Å². The van der Waals surface area contributed by atoms with E-state index in [0.717, 1.165) is 12.6 Å². The summed E-state index contributed by atoms with van der Waals surface area (Å²) in [7, 11) is 3.87. The zero-order chi connectivity index (χ0) is 12.1. The molecule has 2 atom stereocenters. The van der Waals surface area contributed by atoms with Crippen molar-refractivity contribution in [1.29, 1.82) is 0 Å². The lowest BCUT2D eigenvalue weighted by Crippen LogP contribution is -2.43. The van der Waals surface area contributed by atoms with Gasteiger partial charge in [0.2, 0.25) is 5.91 Å². The van der Waals surface area contributed by atoms with Gasteiger partial charge in [0.1, 0.15) is 0 Å². The van der Waals surface area contributed by atoms with E-state index in [1.807, 2.05) is 0 Å². The summed E-state index contributed by atoms with van der Waals surface area (Å²) < 4.78 is 0. The molecule has 0 heterocycles. The molecule has 0 aromatic heterocycles. The van der Waals surface area contributed by atoms with Crippen LogP contribution in [0.25, 0.3) is 0 Å². The SMILES string of the molecule is CNC(=O)CC(C)NCC(C)N(C)C1CC1. The van der Waals surface area contributed by atoms with Crippen molar-refractivity contribution in [3.05, 3.63) is 0 Å². The Bertz CT molecular complexity index is 228. The Labute approximate surface area is 98.8 Å². The van der Waals surface area contributed by atoms with Gasteiger partial charge in [0.05, 0.1) is 0 Å². The van der Waals surface area contributed by atoms with Gasteiger partial charge >= 0.3 is 0 Å². The van der Waals surface area contributed by atoms with Crippen LogP contribution in [0.5, 0.6) is 0 Å². The number of likely N-dealkylation sites (N-methyl/N-ethyl adjacent to an activating group) is 1. The van der Waals surface area contributed by atoms with E-state index >= 15 is 0 Å². The van der Waals surface area contributed by atoms with Crippen LogP contribution in [0.3, 0.4) is 0 Å². The zero-order valence-corrected chi connectivity index (χ0v) is 10.9. The summed E-state index contributed by atoms with van der Waals surface area (Å²) in [6, 6.07) is 1.58. The van der Waals surface area contributed by atoms with E-state index in [2.05, 4.69) is 36.4 Å². The lowest BCUT2D eigenvalue weighted by Gasteiger charge is -2.26. The Morgan fingerprint density at radius 3 is 2.56 bits per heavy atom. The van der Waals surface area contributed by atoms with Gasteiger partial charge in [-0.1, -0.05) is 0 Å². The van der Waals surface area contributed by atoms with Crippen LogP contribution in [0, 0.1) is 0 Å². The third-order valence-electron chi connectivity index (χ3n) is 3.35. The second-order valence-electron chi connectivity index (χ2n) is 4.93. The van der Waals surface area contributed by atoms with Gasteiger partial charge in [0.15, 0.2) is 0 Å². The number of hydrogen-bond donors (Lipinski definition) is 2. The lowest BCUT2D eigenvalue weighted by molar-refractivity contribution is -0.121. The summed E-state index contributed by atoms with van der Waals surface area (Å²) >= 11 is 0. The molecule has 0 bridgehead atoms. The zero-order valence-electron chi connectivity index (χ0n) is 10.9. The van der Waals surface area contributed by atoms with Gasteiger partial charge in [-0.05, 0) is 33.7 Å². The van der Waals surface area contributed by atoms with E-state index in [-0.39, 0.29) is 11.9 Å². The predicted octanol–water partition coefficient (Wildman–Crippen LogP) is 0.583. The van der Waals surface area contributed by atoms with Crippen LogP contribution in [0.15, 0.2) is 0 Å². The summed E-state index contributed by atoms with van der Waals surface area (Å²) in [5.74, 6) is 0.100. The number of carbonyl (C=O) groups is 1. The standard InChI is InChI=1S/C12H25N3O/c1-9(7-12(16)13-3)14-8-10(2)15(4)11-5-6-11/h9-11,14H,5-8H2,1-4H3,(H,13,16). The minimum atomic E-state index is 0.100. The van der Waals surface area contributed by atoms with Gasteiger partial charge in [-0.15, -0.1) is 0 Å². The van der Waals surface area contributed by atoms with Gasteiger partial charge in [-0.2, -0.15) is 0 Å². The number of nitrogens with zero attached hydrogens (tertiary/aromatic N) is 1. The molecule has 1 rings (SSSR count). The summed E-state index contributed by atoms with van der Waals surface area (Å²) in [5, 5.41) is 6.05. The van der Waals surface area contributed by atoms with Crippen molar-refractivity contribution in [2.45, 2.75) is 51.2 Å². The minimum Gasteiger partial charge on any atom is -0.359 e. The molecule has 94 valence electrons. The Balaban J connectivity index is 2.14. The third-order valence-corrected chi connectivity index (χ3v) is 3.35. The second kappa shape index (κ2) is 6.21. The number of nitrogens with one attached hydrogen (secondary N) is 2. The molecule has 2 N–H and O–H groups in total. The number of rotatable bonds is 7. The van der Waals surface area contributed by atoms with E-state index in [1.165, 1.54) is 12.8 Å². The first-order valence-electron chi connectivity index (χ1n) is 6.20. The molecule has 0 spiro atoms. The van der Waals surface area contributed by atoms with Gasteiger partial charge in [0, 0.05) is 38.1 Å². The quantitative estimate of drug-likeness (QED) is 0.669. The van der Waals surface area contributed by atoms with Gasteiger partial charge in [0.25, 0.3) is 0 Å². The monoisotopic (exact) mass is 227 g/mol. The van der Waals surface area contributed by atoms with Gasteiger partial charge < -0.3 is 10.6 Å². The maximum atomic E-state index is 11.2. The molecule has 16 heavy (non-hydrogen) atoms. The molecule has 1 aliphatic carbocycles. The molecule has 1 saturated carbocycles. The summed E-state index contributed by atoms with van der Waals surface area (Å²) in [6.07, 6.45) is 3.24. The molecule has 1 aliphatic rings. The van der Waals surface area contributed by atoms with Crippen LogP contribution in [0.2, 0.25) is 0 Å². The topological polar surface area (TPSA) is 44.4 Å². The highest BCUT2D eigenvalue weighted by atomic mass is 16.1. The molecule has 0 radical (unpaired) electrons.